The van der Waals surface area contributed by atoms with Crippen LogP contribution in [0.1, 0.15) is 37.7 Å². The Morgan fingerprint density at radius 2 is 1.96 bits per heavy atom. The third-order valence-corrected chi connectivity index (χ3v) is 5.03. The molecule has 0 aromatic heterocycles. The molecule has 1 aromatic rings. The fourth-order valence-corrected chi connectivity index (χ4v) is 3.76. The van der Waals surface area contributed by atoms with Gasteiger partial charge in [-0.15, -0.1) is 0 Å². The van der Waals surface area contributed by atoms with E-state index in [4.69, 9.17) is 4.74 Å². The fourth-order valence-electron chi connectivity index (χ4n) is 3.76. The summed E-state index contributed by atoms with van der Waals surface area (Å²) in [5.41, 5.74) is -1.69. The molecular formula is C17H19F3LiNO3. The molecule has 0 N–H and O–H groups in total. The van der Waals surface area contributed by atoms with Gasteiger partial charge in [0.05, 0.1) is 17.1 Å². The van der Waals surface area contributed by atoms with Crippen molar-refractivity contribution in [3.63, 3.8) is 0 Å². The van der Waals surface area contributed by atoms with E-state index in [0.29, 0.717) is 32.4 Å². The molecule has 1 heterocycles. The molecule has 1 aliphatic heterocycles. The average molecular weight is 349 g/mol. The Labute approximate surface area is 156 Å². The number of hydrogen-bond donors (Lipinski definition) is 0. The van der Waals surface area contributed by atoms with Crippen LogP contribution in [-0.2, 0) is 11.0 Å². The summed E-state index contributed by atoms with van der Waals surface area (Å²) in [6.07, 6.45) is -1.31. The van der Waals surface area contributed by atoms with Gasteiger partial charge in [-0.1, -0.05) is 18.9 Å². The van der Waals surface area contributed by atoms with E-state index >= 15 is 0 Å². The first-order chi connectivity index (χ1) is 11.3. The van der Waals surface area contributed by atoms with Crippen LogP contribution in [0.3, 0.4) is 0 Å². The Hall–Kier alpha value is -1.16. The van der Waals surface area contributed by atoms with Crippen molar-refractivity contribution in [3.8, 4) is 5.75 Å². The van der Waals surface area contributed by atoms with Crippen molar-refractivity contribution >= 4 is 5.97 Å². The summed E-state index contributed by atoms with van der Waals surface area (Å²) in [4.78, 5) is 13.5. The van der Waals surface area contributed by atoms with Crippen LogP contribution in [0, 0.1) is 0 Å². The second-order valence-corrected chi connectivity index (χ2v) is 6.53. The maximum absolute atomic E-state index is 12.8. The number of nitrogens with zero attached hydrogens (tertiary/aromatic N) is 1. The van der Waals surface area contributed by atoms with E-state index in [1.165, 1.54) is 12.1 Å². The molecule has 0 spiro atoms. The van der Waals surface area contributed by atoms with E-state index in [1.807, 2.05) is 4.90 Å². The largest absolute Gasteiger partial charge is 1.00 e. The van der Waals surface area contributed by atoms with Crippen molar-refractivity contribution in [3.05, 3.63) is 29.8 Å². The SMILES string of the molecule is O=C([O-])C1(N2CC[C@@H](Oc3cccc(C(F)(F)F)c3)C2)CCCC1.[Li+]. The average Bonchev–Trinajstić information content (AvgIpc) is 3.16. The Morgan fingerprint density at radius 3 is 2.56 bits per heavy atom. The van der Waals surface area contributed by atoms with Gasteiger partial charge in [-0.3, -0.25) is 4.90 Å². The smallest absolute Gasteiger partial charge is 0.548 e. The molecule has 0 amide bonds. The van der Waals surface area contributed by atoms with E-state index in [2.05, 4.69) is 0 Å². The molecule has 1 atom stereocenters. The number of benzene rings is 1. The first-order valence-corrected chi connectivity index (χ1v) is 8.12. The van der Waals surface area contributed by atoms with Crippen molar-refractivity contribution in [1.29, 1.82) is 0 Å². The molecule has 132 valence electrons. The number of aliphatic carboxylic acids is 1. The van der Waals surface area contributed by atoms with E-state index < -0.39 is 23.2 Å². The molecule has 2 aliphatic rings. The maximum Gasteiger partial charge on any atom is 1.00 e. The van der Waals surface area contributed by atoms with Gasteiger partial charge in [-0.05, 0) is 37.5 Å². The van der Waals surface area contributed by atoms with Crippen LogP contribution in [0.5, 0.6) is 5.75 Å². The van der Waals surface area contributed by atoms with Crippen LogP contribution < -0.4 is 28.7 Å². The molecule has 1 saturated heterocycles. The zero-order valence-electron chi connectivity index (χ0n) is 14.1. The number of carboxylic acids is 1. The first kappa shape index (κ1) is 20.2. The summed E-state index contributed by atoms with van der Waals surface area (Å²) in [7, 11) is 0. The zero-order valence-corrected chi connectivity index (χ0v) is 14.1. The van der Waals surface area contributed by atoms with Gasteiger partial charge in [-0.25, -0.2) is 0 Å². The van der Waals surface area contributed by atoms with Gasteiger partial charge in [0.25, 0.3) is 0 Å². The Kier molecular flexibility index (Phi) is 6.13. The molecule has 3 rings (SSSR count). The first-order valence-electron chi connectivity index (χ1n) is 8.12. The van der Waals surface area contributed by atoms with Crippen LogP contribution in [0.15, 0.2) is 24.3 Å². The molecule has 8 heteroatoms. The fraction of sp³-hybridized carbons (Fsp3) is 0.588. The molecule has 0 bridgehead atoms. The number of carboxylic acid groups (broad SMARTS) is 1. The van der Waals surface area contributed by atoms with Gasteiger partial charge in [0.1, 0.15) is 11.9 Å². The number of ether oxygens (including phenoxy) is 1. The Morgan fingerprint density at radius 1 is 1.28 bits per heavy atom. The molecule has 1 aliphatic carbocycles. The monoisotopic (exact) mass is 349 g/mol. The summed E-state index contributed by atoms with van der Waals surface area (Å²) < 4.78 is 43.9. The minimum atomic E-state index is -4.41. The van der Waals surface area contributed by atoms with Crippen LogP contribution >= 0.6 is 0 Å². The summed E-state index contributed by atoms with van der Waals surface area (Å²) in [6, 6.07) is 4.77. The van der Waals surface area contributed by atoms with E-state index in [9.17, 15) is 23.1 Å². The topological polar surface area (TPSA) is 52.6 Å². The molecular weight excluding hydrogens is 330 g/mol. The third kappa shape index (κ3) is 4.16. The normalized spacial score (nSPS) is 23.2. The summed E-state index contributed by atoms with van der Waals surface area (Å²) in [5.74, 6) is -0.898. The van der Waals surface area contributed by atoms with Gasteiger partial charge in [0.15, 0.2) is 0 Å². The Bertz CT molecular complexity index is 617. The summed E-state index contributed by atoms with van der Waals surface area (Å²) >= 11 is 0. The molecule has 0 radical (unpaired) electrons. The van der Waals surface area contributed by atoms with E-state index in [0.717, 1.165) is 25.0 Å². The van der Waals surface area contributed by atoms with Crippen LogP contribution in [0.2, 0.25) is 0 Å². The van der Waals surface area contributed by atoms with Gasteiger partial charge in [0.2, 0.25) is 0 Å². The van der Waals surface area contributed by atoms with Gasteiger partial charge < -0.3 is 14.6 Å². The van der Waals surface area contributed by atoms with E-state index in [1.54, 1.807) is 0 Å². The number of carbonyl (C=O) groups is 1. The quantitative estimate of drug-likeness (QED) is 0.670. The summed E-state index contributed by atoms with van der Waals surface area (Å²) in [6.45, 7) is 0.946. The molecule has 1 aromatic carbocycles. The van der Waals surface area contributed by atoms with Crippen LogP contribution in [-0.4, -0.2) is 35.6 Å². The number of carbonyl (C=O) groups excluding carboxylic acids is 1. The molecule has 1 saturated carbocycles. The third-order valence-electron chi connectivity index (χ3n) is 5.03. The summed E-state index contributed by atoms with van der Waals surface area (Å²) in [5, 5.41) is 11.6. The number of hydrogen-bond acceptors (Lipinski definition) is 4. The Balaban J connectivity index is 0.00000225. The van der Waals surface area contributed by atoms with Crippen molar-refractivity contribution < 1.29 is 46.7 Å². The van der Waals surface area contributed by atoms with Gasteiger partial charge >= 0.3 is 25.0 Å². The predicted octanol–water partition coefficient (Wildman–Crippen LogP) is -0.775. The van der Waals surface area contributed by atoms with Crippen LogP contribution in [0.4, 0.5) is 13.2 Å². The van der Waals surface area contributed by atoms with Crippen LogP contribution in [0.25, 0.3) is 0 Å². The molecule has 4 nitrogen and oxygen atoms in total. The molecule has 25 heavy (non-hydrogen) atoms. The van der Waals surface area contributed by atoms with Crippen molar-refractivity contribution in [1.82, 2.24) is 4.90 Å². The number of rotatable bonds is 4. The van der Waals surface area contributed by atoms with Gasteiger partial charge in [-0.2, -0.15) is 13.2 Å². The predicted molar refractivity (Wildman–Crippen MR) is 78.3 cm³/mol. The molecule has 2 fully saturated rings. The maximum atomic E-state index is 12.8. The van der Waals surface area contributed by atoms with Gasteiger partial charge in [0, 0.05) is 13.1 Å². The second kappa shape index (κ2) is 7.61. The zero-order chi connectivity index (χ0) is 17.4. The van der Waals surface area contributed by atoms with Crippen molar-refractivity contribution in [2.45, 2.75) is 49.9 Å². The number of likely N-dealkylation sites (tertiary alicyclic amines) is 1. The minimum Gasteiger partial charge on any atom is -0.548 e. The van der Waals surface area contributed by atoms with E-state index in [-0.39, 0.29) is 30.7 Å². The molecule has 0 unspecified atom stereocenters. The number of halogens is 3. The second-order valence-electron chi connectivity index (χ2n) is 6.53. The standard InChI is InChI=1S/C17H20F3NO3.Li/c18-17(19,20)12-4-3-5-13(10-12)24-14-6-9-21(11-14)16(15(22)23)7-1-2-8-16;/h3-5,10,14H,1-2,6-9,11H2,(H,22,23);/q;+1/p-1/t14-;/m1./s1. The van der Waals surface area contributed by atoms with Crippen molar-refractivity contribution in [2.24, 2.45) is 0 Å². The minimum absolute atomic E-state index is 0. The van der Waals surface area contributed by atoms with Crippen molar-refractivity contribution in [2.75, 3.05) is 13.1 Å². The number of alkyl halides is 3.